The number of carbonyl (C=O) groups is 2. The Labute approximate surface area is 117 Å². The number of carboxylic acid groups (broad SMARTS) is 1. The lowest BCUT2D eigenvalue weighted by Crippen LogP contribution is -2.34. The molecule has 1 aromatic heterocycles. The molecule has 4 N–H and O–H groups in total. The van der Waals surface area contributed by atoms with Crippen LogP contribution in [-0.4, -0.2) is 28.5 Å². The molecule has 6 heteroatoms. The maximum Gasteiger partial charge on any atom is 0.306 e. The van der Waals surface area contributed by atoms with Gasteiger partial charge < -0.3 is 16.2 Å². The minimum atomic E-state index is -0.762. The van der Waals surface area contributed by atoms with Crippen molar-refractivity contribution < 1.29 is 14.7 Å². The normalized spacial score (nSPS) is 21.6. The fourth-order valence-corrected chi connectivity index (χ4v) is 2.62. The molecule has 0 aromatic carbocycles. The molecule has 108 valence electrons. The molecule has 2 rings (SSSR count). The molecule has 0 bridgehead atoms. The number of anilines is 1. The molecule has 20 heavy (non-hydrogen) atoms. The molecule has 2 atom stereocenters. The van der Waals surface area contributed by atoms with Crippen molar-refractivity contribution in [1.29, 1.82) is 0 Å². The van der Waals surface area contributed by atoms with E-state index >= 15 is 0 Å². The summed E-state index contributed by atoms with van der Waals surface area (Å²) in [5, 5.41) is 11.9. The number of amides is 1. The summed E-state index contributed by atoms with van der Waals surface area (Å²) in [6.45, 7) is 0.421. The second kappa shape index (κ2) is 6.36. The zero-order valence-electron chi connectivity index (χ0n) is 11.2. The third-order valence-corrected chi connectivity index (χ3v) is 3.73. The largest absolute Gasteiger partial charge is 0.481 e. The predicted molar refractivity (Wildman–Crippen MR) is 73.8 cm³/mol. The summed E-state index contributed by atoms with van der Waals surface area (Å²) in [7, 11) is 0. The third kappa shape index (κ3) is 3.69. The first-order valence-electron chi connectivity index (χ1n) is 6.76. The van der Waals surface area contributed by atoms with Crippen molar-refractivity contribution in [1.82, 2.24) is 10.3 Å². The molecule has 6 nitrogen and oxygen atoms in total. The molecule has 1 saturated carbocycles. The van der Waals surface area contributed by atoms with Crippen LogP contribution in [0.3, 0.4) is 0 Å². The van der Waals surface area contributed by atoms with Gasteiger partial charge in [0, 0.05) is 12.2 Å². The van der Waals surface area contributed by atoms with E-state index in [4.69, 9.17) is 10.8 Å². The zero-order chi connectivity index (χ0) is 14.5. The van der Waals surface area contributed by atoms with Crippen LogP contribution in [-0.2, 0) is 16.0 Å². The number of nitrogens with one attached hydrogen (secondary N) is 1. The maximum atomic E-state index is 11.8. The molecule has 0 saturated heterocycles. The van der Waals surface area contributed by atoms with Gasteiger partial charge in [-0.05, 0) is 30.9 Å². The Morgan fingerprint density at radius 1 is 1.40 bits per heavy atom. The van der Waals surface area contributed by atoms with E-state index in [9.17, 15) is 9.59 Å². The lowest BCUT2D eigenvalue weighted by Gasteiger charge is -2.16. The molecule has 0 aliphatic heterocycles. The fourth-order valence-electron chi connectivity index (χ4n) is 2.62. The van der Waals surface area contributed by atoms with Crippen molar-refractivity contribution >= 4 is 17.6 Å². The Morgan fingerprint density at radius 2 is 2.20 bits per heavy atom. The van der Waals surface area contributed by atoms with Gasteiger partial charge in [-0.1, -0.05) is 6.42 Å². The molecule has 1 amide bonds. The number of nitrogen functional groups attached to an aromatic ring is 1. The molecule has 0 spiro atoms. The van der Waals surface area contributed by atoms with Gasteiger partial charge in [0.2, 0.25) is 5.91 Å². The van der Waals surface area contributed by atoms with E-state index in [2.05, 4.69) is 10.3 Å². The number of nitrogens with zero attached hydrogens (tertiary/aromatic N) is 1. The number of rotatable bonds is 5. The Kier molecular flexibility index (Phi) is 4.55. The highest BCUT2D eigenvalue weighted by molar-refractivity contribution is 5.78. The Balaban J connectivity index is 1.80. The van der Waals surface area contributed by atoms with Crippen LogP contribution < -0.4 is 11.1 Å². The number of aliphatic carboxylic acids is 1. The van der Waals surface area contributed by atoms with E-state index in [1.165, 1.54) is 6.20 Å². The number of hydrogen-bond acceptors (Lipinski definition) is 4. The van der Waals surface area contributed by atoms with Crippen molar-refractivity contribution in [3.63, 3.8) is 0 Å². The van der Waals surface area contributed by atoms with E-state index in [1.807, 2.05) is 0 Å². The summed E-state index contributed by atoms with van der Waals surface area (Å²) in [6, 6.07) is 3.41. The molecule has 1 aliphatic rings. The second-order valence-electron chi connectivity index (χ2n) is 5.20. The quantitative estimate of drug-likeness (QED) is 0.739. The topological polar surface area (TPSA) is 105 Å². The van der Waals surface area contributed by atoms with Crippen molar-refractivity contribution in [3.8, 4) is 0 Å². The first kappa shape index (κ1) is 14.3. The van der Waals surface area contributed by atoms with E-state index in [0.717, 1.165) is 12.8 Å². The monoisotopic (exact) mass is 277 g/mol. The Hall–Kier alpha value is -2.11. The van der Waals surface area contributed by atoms with Crippen LogP contribution in [0.1, 0.15) is 25.0 Å². The van der Waals surface area contributed by atoms with Gasteiger partial charge in [0.15, 0.2) is 0 Å². The van der Waals surface area contributed by atoms with Crippen molar-refractivity contribution in [2.75, 3.05) is 12.3 Å². The van der Waals surface area contributed by atoms with E-state index in [-0.39, 0.29) is 24.2 Å². The molecule has 2 unspecified atom stereocenters. The van der Waals surface area contributed by atoms with Gasteiger partial charge in [-0.25, -0.2) is 0 Å². The summed E-state index contributed by atoms with van der Waals surface area (Å²) in [4.78, 5) is 26.9. The highest BCUT2D eigenvalue weighted by atomic mass is 16.4. The zero-order valence-corrected chi connectivity index (χ0v) is 11.2. The summed E-state index contributed by atoms with van der Waals surface area (Å²) in [5.41, 5.74) is 6.73. The highest BCUT2D eigenvalue weighted by Gasteiger charge is 2.32. The van der Waals surface area contributed by atoms with Crippen LogP contribution in [0, 0.1) is 11.8 Å². The highest BCUT2D eigenvalue weighted by Crippen LogP contribution is 2.31. The molecular weight excluding hydrogens is 258 g/mol. The minimum absolute atomic E-state index is 0.0378. The lowest BCUT2D eigenvalue weighted by molar-refractivity contribution is -0.143. The number of pyridine rings is 1. The van der Waals surface area contributed by atoms with Gasteiger partial charge in [-0.3, -0.25) is 14.6 Å². The molecular formula is C14H19N3O3. The van der Waals surface area contributed by atoms with Crippen molar-refractivity contribution in [3.05, 3.63) is 24.0 Å². The smallest absolute Gasteiger partial charge is 0.306 e. The Morgan fingerprint density at radius 3 is 2.85 bits per heavy atom. The molecule has 1 aromatic rings. The average molecular weight is 277 g/mol. The summed E-state index contributed by atoms with van der Waals surface area (Å²) in [5.74, 6) is -1.19. The lowest BCUT2D eigenvalue weighted by atomic mass is 9.96. The molecule has 1 heterocycles. The van der Waals surface area contributed by atoms with Crippen LogP contribution in [0.5, 0.6) is 0 Å². The number of hydrogen-bond donors (Lipinski definition) is 3. The first-order chi connectivity index (χ1) is 9.56. The van der Waals surface area contributed by atoms with E-state index < -0.39 is 5.97 Å². The van der Waals surface area contributed by atoms with Gasteiger partial charge in [-0.2, -0.15) is 0 Å². The van der Waals surface area contributed by atoms with Gasteiger partial charge >= 0.3 is 5.97 Å². The van der Waals surface area contributed by atoms with E-state index in [1.54, 1.807) is 12.1 Å². The van der Waals surface area contributed by atoms with Gasteiger partial charge in [0.25, 0.3) is 0 Å². The van der Waals surface area contributed by atoms with Crippen molar-refractivity contribution in [2.24, 2.45) is 11.8 Å². The fraction of sp³-hybridized carbons (Fsp3) is 0.500. The summed E-state index contributed by atoms with van der Waals surface area (Å²) < 4.78 is 0. The molecule has 1 fully saturated rings. The van der Waals surface area contributed by atoms with Crippen LogP contribution in [0.15, 0.2) is 18.3 Å². The number of aromatic nitrogens is 1. The SMILES string of the molecule is Nc1ccc(CC(=O)NCC2CCCC2C(=O)O)nc1. The number of carboxylic acids is 1. The maximum absolute atomic E-state index is 11.8. The van der Waals surface area contributed by atoms with Gasteiger partial charge in [0.1, 0.15) is 0 Å². The molecule has 0 radical (unpaired) electrons. The van der Waals surface area contributed by atoms with Gasteiger partial charge in [-0.15, -0.1) is 0 Å². The average Bonchev–Trinajstić information content (AvgIpc) is 2.88. The molecule has 1 aliphatic carbocycles. The summed E-state index contributed by atoms with van der Waals surface area (Å²) in [6.07, 6.45) is 4.18. The van der Waals surface area contributed by atoms with Crippen LogP contribution >= 0.6 is 0 Å². The van der Waals surface area contributed by atoms with Crippen LogP contribution in [0.4, 0.5) is 5.69 Å². The number of nitrogens with two attached hydrogens (primary N) is 1. The predicted octanol–water partition coefficient (Wildman–Crippen LogP) is 0.823. The second-order valence-corrected chi connectivity index (χ2v) is 5.20. The summed E-state index contributed by atoms with van der Waals surface area (Å²) >= 11 is 0. The third-order valence-electron chi connectivity index (χ3n) is 3.73. The Bertz CT molecular complexity index is 487. The minimum Gasteiger partial charge on any atom is -0.481 e. The van der Waals surface area contributed by atoms with E-state index in [0.29, 0.717) is 24.3 Å². The standard InChI is InChI=1S/C14H19N3O3/c15-10-4-5-11(16-8-10)6-13(18)17-7-9-2-1-3-12(9)14(19)20/h4-5,8-9,12H,1-3,6-7,15H2,(H,17,18)(H,19,20). The number of carbonyl (C=O) groups excluding carboxylic acids is 1. The van der Waals surface area contributed by atoms with Crippen LogP contribution in [0.2, 0.25) is 0 Å². The van der Waals surface area contributed by atoms with Gasteiger partial charge in [0.05, 0.1) is 24.2 Å². The van der Waals surface area contributed by atoms with Crippen molar-refractivity contribution in [2.45, 2.75) is 25.7 Å². The first-order valence-corrected chi connectivity index (χ1v) is 6.76. The van der Waals surface area contributed by atoms with Crippen LogP contribution in [0.25, 0.3) is 0 Å².